The number of benzene rings is 2. The molecule has 0 spiro atoms. The summed E-state index contributed by atoms with van der Waals surface area (Å²) in [5.41, 5.74) is 3.00. The molecule has 148 valence electrons. The van der Waals surface area contributed by atoms with Gasteiger partial charge in [0.15, 0.2) is 11.4 Å². The van der Waals surface area contributed by atoms with E-state index in [9.17, 15) is 14.4 Å². The van der Waals surface area contributed by atoms with Gasteiger partial charge >= 0.3 is 11.9 Å². The second-order valence-corrected chi connectivity index (χ2v) is 5.76. The van der Waals surface area contributed by atoms with Gasteiger partial charge in [0.25, 0.3) is 5.56 Å². The number of carbonyl (C=O) groups excluding carboxylic acids is 2. The van der Waals surface area contributed by atoms with Crippen molar-refractivity contribution in [2.45, 2.75) is 6.92 Å². The standard InChI is InChI=1S/C20H18N4O5/c1-3-29-19(26)12-8-4-5-9-13(12)23-24-17(20(27)28-2)16-18(25)22-15-11-7-6-10-14(15)21-16/h4-11,23H,3H2,1-2H3,(H,22,25)/b24-17+. The number of nitrogens with one attached hydrogen (secondary N) is 2. The van der Waals surface area contributed by atoms with E-state index < -0.39 is 17.5 Å². The zero-order valence-corrected chi connectivity index (χ0v) is 15.8. The molecule has 29 heavy (non-hydrogen) atoms. The van der Waals surface area contributed by atoms with Gasteiger partial charge in [0.2, 0.25) is 0 Å². The number of fused-ring (bicyclic) bond motifs is 1. The summed E-state index contributed by atoms with van der Waals surface area (Å²) in [6, 6.07) is 13.4. The van der Waals surface area contributed by atoms with Gasteiger partial charge in [-0.15, -0.1) is 0 Å². The Hall–Kier alpha value is -4.01. The maximum atomic E-state index is 12.5. The molecule has 0 saturated carbocycles. The second kappa shape index (κ2) is 8.79. The number of aromatic amines is 1. The smallest absolute Gasteiger partial charge is 0.360 e. The summed E-state index contributed by atoms with van der Waals surface area (Å²) in [6.45, 7) is 1.90. The highest BCUT2D eigenvalue weighted by Gasteiger charge is 2.21. The maximum Gasteiger partial charge on any atom is 0.360 e. The first-order chi connectivity index (χ1) is 14.0. The number of aromatic nitrogens is 2. The maximum absolute atomic E-state index is 12.5. The predicted molar refractivity (Wildman–Crippen MR) is 107 cm³/mol. The van der Waals surface area contributed by atoms with E-state index in [1.54, 1.807) is 55.5 Å². The molecule has 0 unspecified atom stereocenters. The van der Waals surface area contributed by atoms with Gasteiger partial charge in [-0.05, 0) is 31.2 Å². The average molecular weight is 394 g/mol. The van der Waals surface area contributed by atoms with Crippen molar-refractivity contribution in [2.24, 2.45) is 5.10 Å². The molecule has 0 atom stereocenters. The topological polar surface area (TPSA) is 123 Å². The Bertz CT molecular complexity index is 1150. The zero-order chi connectivity index (χ0) is 20.8. The van der Waals surface area contributed by atoms with Crippen molar-refractivity contribution in [3.05, 3.63) is 70.1 Å². The van der Waals surface area contributed by atoms with Crippen LogP contribution in [0.15, 0.2) is 58.4 Å². The quantitative estimate of drug-likeness (QED) is 0.373. The number of nitrogens with zero attached hydrogens (tertiary/aromatic N) is 2. The Morgan fingerprint density at radius 1 is 1.14 bits per heavy atom. The van der Waals surface area contributed by atoms with Crippen molar-refractivity contribution in [1.82, 2.24) is 9.97 Å². The van der Waals surface area contributed by atoms with Crippen LogP contribution < -0.4 is 11.0 Å². The largest absolute Gasteiger partial charge is 0.464 e. The van der Waals surface area contributed by atoms with E-state index in [1.165, 1.54) is 7.11 Å². The van der Waals surface area contributed by atoms with E-state index in [0.29, 0.717) is 16.7 Å². The van der Waals surface area contributed by atoms with Gasteiger partial charge in [-0.1, -0.05) is 24.3 Å². The third kappa shape index (κ3) is 4.29. The van der Waals surface area contributed by atoms with Gasteiger partial charge in [0.05, 0.1) is 36.0 Å². The van der Waals surface area contributed by atoms with Crippen molar-refractivity contribution in [2.75, 3.05) is 19.1 Å². The number of hydrazone groups is 1. The molecule has 0 radical (unpaired) electrons. The predicted octanol–water partition coefficient (Wildman–Crippen LogP) is 2.09. The molecule has 0 fully saturated rings. The summed E-state index contributed by atoms with van der Waals surface area (Å²) in [7, 11) is 1.17. The van der Waals surface area contributed by atoms with Crippen LogP contribution in [-0.4, -0.2) is 41.3 Å². The van der Waals surface area contributed by atoms with Crippen LogP contribution in [0.3, 0.4) is 0 Å². The molecule has 1 heterocycles. The molecule has 3 rings (SSSR count). The number of carbonyl (C=O) groups is 2. The molecule has 9 nitrogen and oxygen atoms in total. The molecule has 2 aromatic carbocycles. The Morgan fingerprint density at radius 3 is 2.62 bits per heavy atom. The van der Waals surface area contributed by atoms with Crippen LogP contribution in [0, 0.1) is 0 Å². The van der Waals surface area contributed by atoms with E-state index in [2.05, 4.69) is 20.5 Å². The van der Waals surface area contributed by atoms with Gasteiger partial charge in [0, 0.05) is 0 Å². The normalized spacial score (nSPS) is 11.2. The minimum atomic E-state index is -0.862. The van der Waals surface area contributed by atoms with Crippen LogP contribution in [0.5, 0.6) is 0 Å². The van der Waals surface area contributed by atoms with Gasteiger partial charge in [0.1, 0.15) is 0 Å². The fourth-order valence-electron chi connectivity index (χ4n) is 2.57. The summed E-state index contributed by atoms with van der Waals surface area (Å²) >= 11 is 0. The van der Waals surface area contributed by atoms with E-state index in [-0.39, 0.29) is 23.6 Å². The molecule has 0 saturated heterocycles. The molecular weight excluding hydrogens is 376 g/mol. The van der Waals surface area contributed by atoms with Crippen LogP contribution >= 0.6 is 0 Å². The molecular formula is C20H18N4O5. The monoisotopic (exact) mass is 394 g/mol. The molecule has 0 aliphatic rings. The number of hydrogen-bond acceptors (Lipinski definition) is 8. The lowest BCUT2D eigenvalue weighted by Crippen LogP contribution is -2.28. The third-order valence-corrected chi connectivity index (χ3v) is 3.91. The van der Waals surface area contributed by atoms with Crippen molar-refractivity contribution < 1.29 is 19.1 Å². The summed E-state index contributed by atoms with van der Waals surface area (Å²) in [5.74, 6) is -1.41. The number of hydrogen-bond donors (Lipinski definition) is 2. The summed E-state index contributed by atoms with van der Waals surface area (Å²) < 4.78 is 9.75. The number of anilines is 1. The lowest BCUT2D eigenvalue weighted by molar-refractivity contribution is -0.132. The summed E-state index contributed by atoms with van der Waals surface area (Å²) in [5, 5.41) is 4.01. The first kappa shape index (κ1) is 19.7. The molecule has 2 N–H and O–H groups in total. The number of para-hydroxylation sites is 3. The Balaban J connectivity index is 2.05. The molecule has 0 aliphatic heterocycles. The van der Waals surface area contributed by atoms with Crippen molar-refractivity contribution in [3.8, 4) is 0 Å². The molecule has 3 aromatic rings. The van der Waals surface area contributed by atoms with Gasteiger partial charge in [-0.2, -0.15) is 5.10 Å². The minimum absolute atomic E-state index is 0.209. The van der Waals surface area contributed by atoms with E-state index in [4.69, 9.17) is 9.47 Å². The highest BCUT2D eigenvalue weighted by molar-refractivity contribution is 6.42. The number of methoxy groups -OCH3 is 1. The van der Waals surface area contributed by atoms with E-state index >= 15 is 0 Å². The first-order valence-corrected chi connectivity index (χ1v) is 8.72. The number of H-pyrrole nitrogens is 1. The molecule has 9 heteroatoms. The molecule has 0 amide bonds. The molecule has 1 aromatic heterocycles. The Kier molecular flexibility index (Phi) is 5.98. The highest BCUT2D eigenvalue weighted by Crippen LogP contribution is 2.16. The number of rotatable bonds is 6. The second-order valence-electron chi connectivity index (χ2n) is 5.76. The average Bonchev–Trinajstić information content (AvgIpc) is 2.74. The molecule has 0 bridgehead atoms. The van der Waals surface area contributed by atoms with Gasteiger partial charge in [-0.25, -0.2) is 14.6 Å². The van der Waals surface area contributed by atoms with Crippen molar-refractivity contribution in [1.29, 1.82) is 0 Å². The number of ether oxygens (including phenoxy) is 2. The lowest BCUT2D eigenvalue weighted by Gasteiger charge is -2.09. The lowest BCUT2D eigenvalue weighted by atomic mass is 10.2. The first-order valence-electron chi connectivity index (χ1n) is 8.72. The fourth-order valence-corrected chi connectivity index (χ4v) is 2.57. The zero-order valence-electron chi connectivity index (χ0n) is 15.8. The van der Waals surface area contributed by atoms with Crippen LogP contribution in [0.1, 0.15) is 23.0 Å². The Morgan fingerprint density at radius 2 is 1.86 bits per heavy atom. The third-order valence-electron chi connectivity index (χ3n) is 3.91. The van der Waals surface area contributed by atoms with E-state index in [1.807, 2.05) is 0 Å². The van der Waals surface area contributed by atoms with Crippen LogP contribution in [-0.2, 0) is 14.3 Å². The fraction of sp³-hybridized carbons (Fsp3) is 0.150. The summed E-state index contributed by atoms with van der Waals surface area (Å²) in [6.07, 6.45) is 0. The van der Waals surface area contributed by atoms with Crippen LogP contribution in [0.25, 0.3) is 11.0 Å². The van der Waals surface area contributed by atoms with Crippen LogP contribution in [0.4, 0.5) is 5.69 Å². The van der Waals surface area contributed by atoms with Crippen molar-refractivity contribution >= 4 is 34.4 Å². The van der Waals surface area contributed by atoms with Crippen LogP contribution in [0.2, 0.25) is 0 Å². The molecule has 0 aliphatic carbocycles. The van der Waals surface area contributed by atoms with Gasteiger partial charge < -0.3 is 14.5 Å². The minimum Gasteiger partial charge on any atom is -0.464 e. The van der Waals surface area contributed by atoms with E-state index in [0.717, 1.165) is 0 Å². The SMILES string of the molecule is CCOC(=O)c1ccccc1N/N=C(/C(=O)OC)c1nc2ccccc2[nH]c1=O. The number of esters is 2. The highest BCUT2D eigenvalue weighted by atomic mass is 16.5. The van der Waals surface area contributed by atoms with Gasteiger partial charge in [-0.3, -0.25) is 10.2 Å². The van der Waals surface area contributed by atoms with Crippen molar-refractivity contribution in [3.63, 3.8) is 0 Å². The Labute approximate surface area is 165 Å². The summed E-state index contributed by atoms with van der Waals surface area (Å²) in [4.78, 5) is 43.7.